The minimum atomic E-state index is -0.410. The molecule has 6 heteroatoms. The molecule has 0 aliphatic carbocycles. The summed E-state index contributed by atoms with van der Waals surface area (Å²) in [6.45, 7) is 0.180. The van der Waals surface area contributed by atoms with Gasteiger partial charge in [-0.2, -0.15) is 0 Å². The van der Waals surface area contributed by atoms with Crippen molar-refractivity contribution < 1.29 is 18.7 Å². The molecule has 0 saturated carbocycles. The minimum absolute atomic E-state index is 0.0747. The smallest absolute Gasteiger partial charge is 0.312 e. The van der Waals surface area contributed by atoms with Gasteiger partial charge in [0.2, 0.25) is 0 Å². The van der Waals surface area contributed by atoms with Crippen molar-refractivity contribution in [2.75, 3.05) is 6.54 Å². The fourth-order valence-corrected chi connectivity index (χ4v) is 2.67. The molecule has 1 aromatic heterocycles. The van der Waals surface area contributed by atoms with Crippen LogP contribution in [0.5, 0.6) is 5.75 Å². The van der Waals surface area contributed by atoms with E-state index in [9.17, 15) is 9.59 Å². The molecule has 1 N–H and O–H groups in total. The van der Waals surface area contributed by atoms with Crippen LogP contribution in [0.2, 0.25) is 0 Å². The van der Waals surface area contributed by atoms with E-state index in [1.807, 2.05) is 36.4 Å². The summed E-state index contributed by atoms with van der Waals surface area (Å²) in [5.74, 6) is -0.0809. The van der Waals surface area contributed by atoms with Crippen molar-refractivity contribution in [3.05, 3.63) is 76.3 Å². The van der Waals surface area contributed by atoms with Crippen LogP contribution in [-0.2, 0) is 4.79 Å². The second-order valence-electron chi connectivity index (χ2n) is 5.49. The Morgan fingerprint density at radius 1 is 0.962 bits per heavy atom. The van der Waals surface area contributed by atoms with Crippen LogP contribution in [-0.4, -0.2) is 18.4 Å². The van der Waals surface area contributed by atoms with E-state index in [-0.39, 0.29) is 24.6 Å². The number of nitrogens with one attached hydrogen (secondary N) is 1. The van der Waals surface area contributed by atoms with Crippen LogP contribution in [0.1, 0.15) is 17.0 Å². The molecule has 1 amide bonds. The molecule has 3 aromatic rings. The largest absolute Gasteiger partial charge is 0.459 e. The van der Waals surface area contributed by atoms with E-state index < -0.39 is 5.97 Å². The molecular formula is C20H16INO4. The van der Waals surface area contributed by atoms with Crippen molar-refractivity contribution in [1.82, 2.24) is 5.32 Å². The zero-order valence-electron chi connectivity index (χ0n) is 13.8. The summed E-state index contributed by atoms with van der Waals surface area (Å²) in [6, 6.07) is 18.7. The summed E-state index contributed by atoms with van der Waals surface area (Å²) in [5, 5.41) is 2.60. The number of amides is 1. The highest BCUT2D eigenvalue weighted by molar-refractivity contribution is 14.1. The minimum Gasteiger partial charge on any atom is -0.459 e. The quantitative estimate of drug-likeness (QED) is 0.338. The van der Waals surface area contributed by atoms with Crippen LogP contribution in [0.3, 0.4) is 0 Å². The summed E-state index contributed by atoms with van der Waals surface area (Å²) in [4.78, 5) is 23.6. The summed E-state index contributed by atoms with van der Waals surface area (Å²) in [5.41, 5.74) is 2.15. The fourth-order valence-electron chi connectivity index (χ4n) is 2.31. The topological polar surface area (TPSA) is 68.5 Å². The highest BCUT2D eigenvalue weighted by Crippen LogP contribution is 2.23. The number of ether oxygens (including phenoxy) is 1. The van der Waals surface area contributed by atoms with Crippen molar-refractivity contribution in [2.24, 2.45) is 0 Å². The molecule has 1 heterocycles. The highest BCUT2D eigenvalue weighted by Gasteiger charge is 2.10. The SMILES string of the molecule is O=C(CCNC(=O)c1ccco1)Oc1ccc(-c2ccc(I)cc2)cc1. The Bertz CT molecular complexity index is 871. The average molecular weight is 461 g/mol. The van der Waals surface area contributed by atoms with Gasteiger partial charge in [-0.05, 0) is 70.1 Å². The first kappa shape index (κ1) is 18.2. The number of furan rings is 1. The monoisotopic (exact) mass is 461 g/mol. The van der Waals surface area contributed by atoms with Crippen LogP contribution >= 0.6 is 22.6 Å². The average Bonchev–Trinajstić information content (AvgIpc) is 3.18. The second kappa shape index (κ2) is 8.66. The van der Waals surface area contributed by atoms with Gasteiger partial charge >= 0.3 is 5.97 Å². The van der Waals surface area contributed by atoms with Gasteiger partial charge in [0.05, 0.1) is 12.7 Å². The van der Waals surface area contributed by atoms with Crippen molar-refractivity contribution in [2.45, 2.75) is 6.42 Å². The van der Waals surface area contributed by atoms with E-state index in [1.54, 1.807) is 24.3 Å². The number of carbonyl (C=O) groups is 2. The lowest BCUT2D eigenvalue weighted by molar-refractivity contribution is -0.134. The second-order valence-corrected chi connectivity index (χ2v) is 6.73. The molecule has 0 bridgehead atoms. The molecule has 3 rings (SSSR count). The number of hydrogen-bond donors (Lipinski definition) is 1. The van der Waals surface area contributed by atoms with Gasteiger partial charge in [0, 0.05) is 10.1 Å². The van der Waals surface area contributed by atoms with Gasteiger partial charge in [0.15, 0.2) is 5.76 Å². The zero-order chi connectivity index (χ0) is 18.4. The molecule has 0 radical (unpaired) electrons. The van der Waals surface area contributed by atoms with E-state index in [0.29, 0.717) is 5.75 Å². The predicted molar refractivity (Wildman–Crippen MR) is 106 cm³/mol. The maximum atomic E-state index is 11.9. The Morgan fingerprint density at radius 3 is 2.23 bits per heavy atom. The van der Waals surface area contributed by atoms with Gasteiger partial charge in [-0.3, -0.25) is 9.59 Å². The number of hydrogen-bond acceptors (Lipinski definition) is 4. The molecule has 0 aliphatic rings. The molecule has 26 heavy (non-hydrogen) atoms. The number of carbonyl (C=O) groups excluding carboxylic acids is 2. The van der Waals surface area contributed by atoms with Gasteiger partial charge in [0.1, 0.15) is 5.75 Å². The molecule has 0 unspecified atom stereocenters. The Hall–Kier alpha value is -2.61. The standard InChI is InChI=1S/C20H16INO4/c21-16-7-3-14(4-8-16)15-5-9-17(10-6-15)26-19(23)11-12-22-20(24)18-2-1-13-25-18/h1-10,13H,11-12H2,(H,22,24). The third-order valence-corrected chi connectivity index (χ3v) is 4.34. The Labute approximate surface area is 164 Å². The summed E-state index contributed by atoms with van der Waals surface area (Å²) in [7, 11) is 0. The van der Waals surface area contributed by atoms with Crippen molar-refractivity contribution in [1.29, 1.82) is 0 Å². The van der Waals surface area contributed by atoms with E-state index >= 15 is 0 Å². The third kappa shape index (κ3) is 4.95. The van der Waals surface area contributed by atoms with Crippen molar-refractivity contribution >= 4 is 34.5 Å². The van der Waals surface area contributed by atoms with Crippen LogP contribution in [0, 0.1) is 3.57 Å². The summed E-state index contributed by atoms with van der Waals surface area (Å²) < 4.78 is 11.4. The lowest BCUT2D eigenvalue weighted by Gasteiger charge is -2.07. The van der Waals surface area contributed by atoms with Gasteiger partial charge < -0.3 is 14.5 Å². The van der Waals surface area contributed by atoms with Crippen LogP contribution < -0.4 is 10.1 Å². The Morgan fingerprint density at radius 2 is 1.62 bits per heavy atom. The van der Waals surface area contributed by atoms with Gasteiger partial charge in [0.25, 0.3) is 5.91 Å². The highest BCUT2D eigenvalue weighted by atomic mass is 127. The van der Waals surface area contributed by atoms with Gasteiger partial charge in [-0.25, -0.2) is 0 Å². The molecular weight excluding hydrogens is 445 g/mol. The van der Waals surface area contributed by atoms with Crippen LogP contribution in [0.15, 0.2) is 71.3 Å². The van der Waals surface area contributed by atoms with Gasteiger partial charge in [-0.15, -0.1) is 0 Å². The maximum absolute atomic E-state index is 11.9. The Kier molecular flexibility index (Phi) is 6.06. The zero-order valence-corrected chi connectivity index (χ0v) is 15.9. The number of halogens is 1. The first-order chi connectivity index (χ1) is 12.6. The first-order valence-electron chi connectivity index (χ1n) is 8.00. The van der Waals surface area contributed by atoms with Crippen LogP contribution in [0.4, 0.5) is 0 Å². The molecule has 0 fully saturated rings. The van der Waals surface area contributed by atoms with Crippen LogP contribution in [0.25, 0.3) is 11.1 Å². The molecule has 0 saturated heterocycles. The fraction of sp³-hybridized carbons (Fsp3) is 0.100. The van der Waals surface area contributed by atoms with Crippen molar-refractivity contribution in [3.8, 4) is 16.9 Å². The Balaban J connectivity index is 1.48. The molecule has 2 aromatic carbocycles. The van der Waals surface area contributed by atoms with Gasteiger partial charge in [-0.1, -0.05) is 24.3 Å². The number of rotatable bonds is 6. The lowest BCUT2D eigenvalue weighted by atomic mass is 10.1. The maximum Gasteiger partial charge on any atom is 0.312 e. The van der Waals surface area contributed by atoms with E-state index in [2.05, 4.69) is 27.9 Å². The summed E-state index contributed by atoms with van der Waals surface area (Å²) >= 11 is 2.26. The van der Waals surface area contributed by atoms with Crippen molar-refractivity contribution in [3.63, 3.8) is 0 Å². The van der Waals surface area contributed by atoms with E-state index in [4.69, 9.17) is 9.15 Å². The normalized spacial score (nSPS) is 10.3. The first-order valence-corrected chi connectivity index (χ1v) is 9.08. The predicted octanol–water partition coefficient (Wildman–Crippen LogP) is 4.28. The number of benzene rings is 2. The van der Waals surface area contributed by atoms with E-state index in [0.717, 1.165) is 11.1 Å². The third-order valence-electron chi connectivity index (χ3n) is 3.62. The molecule has 5 nitrogen and oxygen atoms in total. The number of esters is 1. The molecule has 0 atom stereocenters. The molecule has 0 aliphatic heterocycles. The summed E-state index contributed by atoms with van der Waals surface area (Å²) in [6.07, 6.45) is 1.49. The molecule has 132 valence electrons. The lowest BCUT2D eigenvalue weighted by Crippen LogP contribution is -2.26. The van der Waals surface area contributed by atoms with E-state index in [1.165, 1.54) is 9.83 Å². The molecule has 0 spiro atoms.